The zero-order chi connectivity index (χ0) is 15.6. The van der Waals surface area contributed by atoms with E-state index >= 15 is 0 Å². The molecule has 0 aromatic carbocycles. The maximum absolute atomic E-state index is 11.7. The van der Waals surface area contributed by atoms with Crippen molar-refractivity contribution in [2.24, 2.45) is 5.73 Å². The van der Waals surface area contributed by atoms with Crippen LogP contribution in [0.4, 0.5) is 0 Å². The summed E-state index contributed by atoms with van der Waals surface area (Å²) in [5.74, 6) is -0.313. The molecule has 0 spiro atoms. The summed E-state index contributed by atoms with van der Waals surface area (Å²) in [7, 11) is 0. The lowest BCUT2D eigenvalue weighted by Crippen LogP contribution is -2.37. The Hall–Kier alpha value is -0.610. The number of unbranched alkanes of at least 4 members (excludes halogenated alkanes) is 1. The molecule has 0 amide bonds. The van der Waals surface area contributed by atoms with Crippen molar-refractivity contribution in [2.45, 2.75) is 51.7 Å². The maximum atomic E-state index is 11.7. The van der Waals surface area contributed by atoms with E-state index in [-0.39, 0.29) is 5.97 Å². The van der Waals surface area contributed by atoms with Gasteiger partial charge in [-0.3, -0.25) is 4.79 Å². The summed E-state index contributed by atoms with van der Waals surface area (Å²) in [6.07, 6.45) is 6.33. The molecule has 0 aliphatic heterocycles. The number of carbonyl (C=O) groups excluding carboxylic acids is 1. The lowest BCUT2D eigenvalue weighted by atomic mass is 10.1. The molecule has 1 atom stereocenters. The number of hydrogen-bond donors (Lipinski definition) is 1. The van der Waals surface area contributed by atoms with Crippen LogP contribution in [0.2, 0.25) is 0 Å². The van der Waals surface area contributed by atoms with Gasteiger partial charge in [-0.2, -0.15) is 0 Å². The molecule has 0 aliphatic carbocycles. The minimum absolute atomic E-state index is 0.313. The van der Waals surface area contributed by atoms with E-state index in [1.165, 1.54) is 0 Å². The van der Waals surface area contributed by atoms with Gasteiger partial charge >= 0.3 is 5.97 Å². The summed E-state index contributed by atoms with van der Waals surface area (Å²) >= 11 is 0. The first-order valence-electron chi connectivity index (χ1n) is 7.22. The van der Waals surface area contributed by atoms with Crippen molar-refractivity contribution in [2.75, 3.05) is 19.6 Å². The molecule has 20 heavy (non-hydrogen) atoms. The van der Waals surface area contributed by atoms with Crippen molar-refractivity contribution in [3.05, 3.63) is 26.7 Å². The summed E-state index contributed by atoms with van der Waals surface area (Å²) < 4.78 is 5.25. The van der Waals surface area contributed by atoms with Crippen LogP contribution in [0, 0.1) is 26.7 Å². The summed E-state index contributed by atoms with van der Waals surface area (Å²) in [5, 5.41) is 0. The smallest absolute Gasteiger partial charge is 0.323 e. The average Bonchev–Trinajstić information content (AvgIpc) is 2.32. The van der Waals surface area contributed by atoms with Crippen LogP contribution >= 0.6 is 0 Å². The van der Waals surface area contributed by atoms with Crippen LogP contribution in [0.3, 0.4) is 0 Å². The molecule has 116 valence electrons. The number of nitrogens with two attached hydrogens (primary N) is 1. The molecule has 4 heteroatoms. The highest BCUT2D eigenvalue weighted by Crippen LogP contribution is 2.10. The second-order valence-corrected chi connectivity index (χ2v) is 5.97. The number of ether oxygens (including phenoxy) is 1. The molecule has 4 radical (unpaired) electrons. The molecule has 0 saturated carbocycles. The first-order chi connectivity index (χ1) is 9.30. The van der Waals surface area contributed by atoms with Gasteiger partial charge in [0.15, 0.2) is 0 Å². The molecule has 2 N–H and O–H groups in total. The number of carbonyl (C=O) groups is 1. The first kappa shape index (κ1) is 19.4. The largest absolute Gasteiger partial charge is 0.459 e. The fourth-order valence-corrected chi connectivity index (χ4v) is 1.82. The third-order valence-electron chi connectivity index (χ3n) is 2.72. The summed E-state index contributed by atoms with van der Waals surface area (Å²) in [5.41, 5.74) is 5.37. The first-order valence-corrected chi connectivity index (χ1v) is 7.22. The van der Waals surface area contributed by atoms with E-state index in [2.05, 4.69) is 18.7 Å². The summed E-state index contributed by atoms with van der Waals surface area (Å²) in [4.78, 5) is 14.0. The van der Waals surface area contributed by atoms with E-state index in [0.717, 1.165) is 32.5 Å². The number of rotatable bonds is 10. The fraction of sp³-hybridized carbons (Fsp3) is 0.688. The van der Waals surface area contributed by atoms with E-state index in [0.29, 0.717) is 6.42 Å². The van der Waals surface area contributed by atoms with Crippen molar-refractivity contribution in [1.29, 1.82) is 0 Å². The Labute approximate surface area is 125 Å². The molecule has 0 fully saturated rings. The molecule has 4 nitrogen and oxygen atoms in total. The predicted molar refractivity (Wildman–Crippen MR) is 83.4 cm³/mol. The highest BCUT2D eigenvalue weighted by Gasteiger charge is 2.21. The van der Waals surface area contributed by atoms with E-state index in [1.54, 1.807) is 0 Å². The van der Waals surface area contributed by atoms with E-state index in [4.69, 9.17) is 10.5 Å². The van der Waals surface area contributed by atoms with E-state index in [1.807, 2.05) is 33.6 Å². The lowest BCUT2D eigenvalue weighted by molar-refractivity contribution is -0.156. The van der Waals surface area contributed by atoms with Crippen LogP contribution in [0.1, 0.15) is 40.0 Å². The Bertz CT molecular complexity index is 256. The highest BCUT2D eigenvalue weighted by atomic mass is 16.6. The van der Waals surface area contributed by atoms with Crippen molar-refractivity contribution < 1.29 is 9.53 Å². The molecular formula is C16H30N2O2. The van der Waals surface area contributed by atoms with Gasteiger partial charge in [0.25, 0.3) is 0 Å². The predicted octanol–water partition coefficient (Wildman–Crippen LogP) is 2.20. The third-order valence-corrected chi connectivity index (χ3v) is 2.72. The van der Waals surface area contributed by atoms with Crippen molar-refractivity contribution in [3.63, 3.8) is 0 Å². The van der Waals surface area contributed by atoms with Crippen molar-refractivity contribution in [1.82, 2.24) is 4.90 Å². The Balaban J connectivity index is 3.84. The topological polar surface area (TPSA) is 55.6 Å². The molecular weight excluding hydrogens is 252 g/mol. The molecule has 0 aromatic heterocycles. The number of hydrogen-bond acceptors (Lipinski definition) is 4. The Morgan fingerprint density at radius 3 is 2.25 bits per heavy atom. The minimum atomic E-state index is -0.526. The van der Waals surface area contributed by atoms with Gasteiger partial charge in [0.1, 0.15) is 11.6 Å². The van der Waals surface area contributed by atoms with Crippen molar-refractivity contribution >= 4 is 5.97 Å². The number of nitrogens with zero attached hydrogens (tertiary/aromatic N) is 1. The van der Waals surface area contributed by atoms with Gasteiger partial charge in [-0.15, -0.1) is 0 Å². The zero-order valence-corrected chi connectivity index (χ0v) is 13.2. The van der Waals surface area contributed by atoms with Crippen LogP contribution in [0.5, 0.6) is 0 Å². The molecule has 0 bridgehead atoms. The molecule has 0 saturated heterocycles. The highest BCUT2D eigenvalue weighted by molar-refractivity contribution is 5.75. The second-order valence-electron chi connectivity index (χ2n) is 5.97. The van der Waals surface area contributed by atoms with Gasteiger partial charge in [-0.25, -0.2) is 0 Å². The van der Waals surface area contributed by atoms with Crippen LogP contribution in [0.15, 0.2) is 0 Å². The molecule has 0 heterocycles. The lowest BCUT2D eigenvalue weighted by Gasteiger charge is -2.23. The van der Waals surface area contributed by atoms with Gasteiger partial charge in [-0.05, 0) is 66.8 Å². The Morgan fingerprint density at radius 1 is 1.25 bits per heavy atom. The van der Waals surface area contributed by atoms with Gasteiger partial charge in [0.2, 0.25) is 0 Å². The molecule has 0 rings (SSSR count). The monoisotopic (exact) mass is 282 g/mol. The van der Waals surface area contributed by atoms with Crippen LogP contribution in [-0.2, 0) is 9.53 Å². The zero-order valence-electron chi connectivity index (χ0n) is 13.2. The standard InChI is InChI=1S/C16H30N2O2/c1-6-11-18(12-7-2)13-9-8-10-14(17)15(19)20-16(3,4)5/h6-7,14H,1-2,8-13,17H2,3-5H3. The normalized spacial score (nSPS) is 13.6. The van der Waals surface area contributed by atoms with Gasteiger partial charge in [0, 0.05) is 13.1 Å². The van der Waals surface area contributed by atoms with Crippen LogP contribution in [0.25, 0.3) is 0 Å². The fourth-order valence-electron chi connectivity index (χ4n) is 1.82. The maximum Gasteiger partial charge on any atom is 0.323 e. The average molecular weight is 282 g/mol. The Kier molecular flexibility index (Phi) is 9.86. The molecule has 0 aliphatic rings. The number of esters is 1. The van der Waals surface area contributed by atoms with Crippen molar-refractivity contribution in [3.8, 4) is 0 Å². The van der Waals surface area contributed by atoms with Gasteiger partial charge < -0.3 is 15.4 Å². The van der Waals surface area contributed by atoms with Crippen LogP contribution in [-0.4, -0.2) is 42.1 Å². The summed E-state index contributed by atoms with van der Waals surface area (Å²) in [6.45, 7) is 15.7. The SMILES string of the molecule is [CH2][CH]CN(C[CH][CH2])CCCCC(N)C(=O)OC(C)(C)C. The molecule has 1 unspecified atom stereocenters. The minimum Gasteiger partial charge on any atom is -0.459 e. The van der Waals surface area contributed by atoms with E-state index < -0.39 is 11.6 Å². The van der Waals surface area contributed by atoms with Crippen LogP contribution < -0.4 is 5.73 Å². The van der Waals surface area contributed by atoms with Gasteiger partial charge in [0.05, 0.1) is 0 Å². The Morgan fingerprint density at radius 2 is 1.80 bits per heavy atom. The molecule has 0 aromatic rings. The quantitative estimate of drug-likeness (QED) is 0.493. The second kappa shape index (κ2) is 10.2. The van der Waals surface area contributed by atoms with Gasteiger partial charge in [-0.1, -0.05) is 6.42 Å². The van der Waals surface area contributed by atoms with E-state index in [9.17, 15) is 4.79 Å². The summed E-state index contributed by atoms with van der Waals surface area (Å²) in [6, 6.07) is -0.526. The third kappa shape index (κ3) is 10.2.